The number of nitro groups is 1. The average Bonchev–Trinajstić information content (AvgIpc) is 1.88. The predicted octanol–water partition coefficient (Wildman–Crippen LogP) is -0.979. The lowest BCUT2D eigenvalue weighted by Crippen LogP contribution is -2.30. The molecule has 0 bridgehead atoms. The summed E-state index contributed by atoms with van der Waals surface area (Å²) in [4.78, 5) is 13.1. The van der Waals surface area contributed by atoms with Crippen LogP contribution in [0, 0.1) is 10.1 Å². The summed E-state index contributed by atoms with van der Waals surface area (Å²) in [7, 11) is 0. The Bertz CT molecular complexity index is 209. The van der Waals surface area contributed by atoms with Crippen LogP contribution >= 0.6 is 0 Å². The van der Waals surface area contributed by atoms with Crippen LogP contribution in [0.3, 0.4) is 0 Å². The van der Waals surface area contributed by atoms with Crippen molar-refractivity contribution >= 4 is 6.34 Å². The van der Waals surface area contributed by atoms with Gasteiger partial charge in [0.2, 0.25) is 0 Å². The molecule has 0 aliphatic carbocycles. The van der Waals surface area contributed by atoms with E-state index in [1.807, 2.05) is 0 Å². The molecule has 0 fully saturated rings. The molecule has 3 N–H and O–H groups in total. The first-order chi connectivity index (χ1) is 4.72. The maximum absolute atomic E-state index is 10.1. The number of nitrogens with one attached hydrogen (secondary N) is 1. The van der Waals surface area contributed by atoms with E-state index in [4.69, 9.17) is 5.73 Å². The third kappa shape index (κ3) is 1.11. The van der Waals surface area contributed by atoms with Gasteiger partial charge >= 0.3 is 5.70 Å². The van der Waals surface area contributed by atoms with Gasteiger partial charge in [-0.2, -0.15) is 0 Å². The van der Waals surface area contributed by atoms with Gasteiger partial charge in [0.05, 0.1) is 17.5 Å². The Morgan fingerprint density at radius 1 is 1.90 bits per heavy atom. The van der Waals surface area contributed by atoms with Gasteiger partial charge in [0.25, 0.3) is 0 Å². The molecule has 1 aliphatic heterocycles. The van der Waals surface area contributed by atoms with Crippen molar-refractivity contribution in [2.75, 3.05) is 0 Å². The van der Waals surface area contributed by atoms with E-state index in [-0.39, 0.29) is 5.70 Å². The molecule has 10 heavy (non-hydrogen) atoms. The van der Waals surface area contributed by atoms with Crippen molar-refractivity contribution in [2.45, 2.75) is 6.17 Å². The summed E-state index contributed by atoms with van der Waals surface area (Å²) in [5.74, 6) is 0. The molecule has 1 heterocycles. The van der Waals surface area contributed by atoms with Crippen LogP contribution < -0.4 is 11.1 Å². The third-order valence-electron chi connectivity index (χ3n) is 1.05. The molecular formula is C4H6N4O2. The van der Waals surface area contributed by atoms with E-state index in [2.05, 4.69) is 10.3 Å². The zero-order valence-corrected chi connectivity index (χ0v) is 5.02. The first-order valence-corrected chi connectivity index (χ1v) is 2.59. The molecule has 1 aliphatic rings. The maximum Gasteiger partial charge on any atom is 0.300 e. The van der Waals surface area contributed by atoms with Crippen molar-refractivity contribution in [3.05, 3.63) is 22.0 Å². The molecule has 0 saturated heterocycles. The smallest absolute Gasteiger partial charge is 0.300 e. The van der Waals surface area contributed by atoms with Crippen LogP contribution in [0.4, 0.5) is 0 Å². The van der Waals surface area contributed by atoms with Gasteiger partial charge in [0.15, 0.2) is 6.17 Å². The molecule has 0 unspecified atom stereocenters. The summed E-state index contributed by atoms with van der Waals surface area (Å²) in [6, 6.07) is 0. The van der Waals surface area contributed by atoms with Gasteiger partial charge in [-0.25, -0.2) is 4.99 Å². The van der Waals surface area contributed by atoms with E-state index in [9.17, 15) is 10.1 Å². The topological polar surface area (TPSA) is 93.5 Å². The summed E-state index contributed by atoms with van der Waals surface area (Å²) in [6.45, 7) is 0. The molecule has 1 atom stereocenters. The molecule has 6 nitrogen and oxygen atoms in total. The number of hydrogen-bond donors (Lipinski definition) is 2. The Kier molecular flexibility index (Phi) is 1.63. The van der Waals surface area contributed by atoms with Crippen molar-refractivity contribution in [1.82, 2.24) is 5.32 Å². The van der Waals surface area contributed by atoms with Crippen molar-refractivity contribution in [1.29, 1.82) is 0 Å². The summed E-state index contributed by atoms with van der Waals surface area (Å²) in [5.41, 5.74) is 5.11. The number of nitrogens with zero attached hydrogens (tertiary/aromatic N) is 2. The number of aliphatic imine (C=N–C) groups is 1. The number of nitrogens with two attached hydrogens (primary N) is 1. The molecule has 0 amide bonds. The predicted molar refractivity (Wildman–Crippen MR) is 34.7 cm³/mol. The van der Waals surface area contributed by atoms with Gasteiger partial charge in [0, 0.05) is 0 Å². The second-order valence-electron chi connectivity index (χ2n) is 1.72. The highest BCUT2D eigenvalue weighted by atomic mass is 16.6. The lowest BCUT2D eigenvalue weighted by atomic mass is 10.4. The van der Waals surface area contributed by atoms with Gasteiger partial charge in [-0.1, -0.05) is 0 Å². The zero-order chi connectivity index (χ0) is 7.56. The average molecular weight is 142 g/mol. The SMILES string of the molecule is N[C@@H]1N=CNC=C1[N+](=O)[O-]. The largest absolute Gasteiger partial charge is 0.347 e. The van der Waals surface area contributed by atoms with E-state index in [0.29, 0.717) is 0 Å². The molecule has 54 valence electrons. The summed E-state index contributed by atoms with van der Waals surface area (Å²) < 4.78 is 0. The quantitative estimate of drug-likeness (QED) is 0.363. The first-order valence-electron chi connectivity index (χ1n) is 2.59. The molecule has 0 aromatic rings. The Hall–Kier alpha value is -1.43. The Balaban J connectivity index is 2.76. The van der Waals surface area contributed by atoms with Gasteiger partial charge in [-0.15, -0.1) is 0 Å². The van der Waals surface area contributed by atoms with Crippen LogP contribution in [-0.2, 0) is 0 Å². The van der Waals surface area contributed by atoms with Gasteiger partial charge in [0.1, 0.15) is 0 Å². The standard InChI is InChI=1S/C4H6N4O2/c5-4-3(8(9)10)1-6-2-7-4/h1-2,4H,5H2,(H,6,7)/t4-/m1/s1. The monoisotopic (exact) mass is 142 g/mol. The van der Waals surface area contributed by atoms with Crippen LogP contribution in [0.25, 0.3) is 0 Å². The minimum absolute atomic E-state index is 0.123. The second kappa shape index (κ2) is 2.44. The Labute approximate surface area is 56.6 Å². The highest BCUT2D eigenvalue weighted by Gasteiger charge is 2.20. The summed E-state index contributed by atoms with van der Waals surface area (Å²) >= 11 is 0. The highest BCUT2D eigenvalue weighted by molar-refractivity contribution is 5.58. The summed E-state index contributed by atoms with van der Waals surface area (Å²) in [5, 5.41) is 12.6. The molecule has 0 aromatic carbocycles. The maximum atomic E-state index is 10.1. The first kappa shape index (κ1) is 6.69. The van der Waals surface area contributed by atoms with Crippen LogP contribution in [0.5, 0.6) is 0 Å². The van der Waals surface area contributed by atoms with Gasteiger partial charge in [-0.05, 0) is 0 Å². The van der Waals surface area contributed by atoms with Crippen molar-refractivity contribution in [3.8, 4) is 0 Å². The molecule has 0 spiro atoms. The van der Waals surface area contributed by atoms with E-state index < -0.39 is 11.1 Å². The number of rotatable bonds is 1. The molecule has 0 saturated carbocycles. The van der Waals surface area contributed by atoms with E-state index in [1.165, 1.54) is 12.5 Å². The molecule has 0 radical (unpaired) electrons. The Morgan fingerprint density at radius 3 is 3.00 bits per heavy atom. The third-order valence-corrected chi connectivity index (χ3v) is 1.05. The van der Waals surface area contributed by atoms with Crippen LogP contribution in [0.1, 0.15) is 0 Å². The minimum atomic E-state index is -0.837. The fourth-order valence-electron chi connectivity index (χ4n) is 0.568. The van der Waals surface area contributed by atoms with Gasteiger partial charge < -0.3 is 11.1 Å². The number of hydrogen-bond acceptors (Lipinski definition) is 5. The van der Waals surface area contributed by atoms with Crippen LogP contribution in [-0.4, -0.2) is 17.4 Å². The van der Waals surface area contributed by atoms with Crippen LogP contribution in [0.15, 0.2) is 16.9 Å². The molecular weight excluding hydrogens is 136 g/mol. The van der Waals surface area contributed by atoms with E-state index in [1.54, 1.807) is 0 Å². The molecule has 0 aromatic heterocycles. The second-order valence-corrected chi connectivity index (χ2v) is 1.72. The van der Waals surface area contributed by atoms with E-state index in [0.717, 1.165) is 0 Å². The fraction of sp³-hybridized carbons (Fsp3) is 0.250. The molecule has 1 rings (SSSR count). The van der Waals surface area contributed by atoms with Crippen LogP contribution in [0.2, 0.25) is 0 Å². The van der Waals surface area contributed by atoms with Crippen molar-refractivity contribution in [3.63, 3.8) is 0 Å². The lowest BCUT2D eigenvalue weighted by Gasteiger charge is -2.06. The zero-order valence-electron chi connectivity index (χ0n) is 5.02. The highest BCUT2D eigenvalue weighted by Crippen LogP contribution is 2.02. The minimum Gasteiger partial charge on any atom is -0.347 e. The normalized spacial score (nSPS) is 23.3. The molecule has 6 heteroatoms. The van der Waals surface area contributed by atoms with Crippen molar-refractivity contribution in [2.24, 2.45) is 10.7 Å². The van der Waals surface area contributed by atoms with E-state index >= 15 is 0 Å². The summed E-state index contributed by atoms with van der Waals surface area (Å²) in [6.07, 6.45) is 1.70. The van der Waals surface area contributed by atoms with Gasteiger partial charge in [-0.3, -0.25) is 10.1 Å². The lowest BCUT2D eigenvalue weighted by molar-refractivity contribution is -0.430. The van der Waals surface area contributed by atoms with Crippen molar-refractivity contribution < 1.29 is 4.92 Å². The Morgan fingerprint density at radius 2 is 2.60 bits per heavy atom. The fourth-order valence-corrected chi connectivity index (χ4v) is 0.568.